The Bertz CT molecular complexity index is 718. The first-order valence-corrected chi connectivity index (χ1v) is 7.45. The maximum Gasteiger partial charge on any atom is 0.269 e. The minimum atomic E-state index is -0.712. The fraction of sp³-hybridized carbons (Fsp3) is 0.294. The molecule has 0 aromatic heterocycles. The summed E-state index contributed by atoms with van der Waals surface area (Å²) in [5, 5.41) is 21.2. The lowest BCUT2D eigenvalue weighted by atomic mass is 9.98. The number of hydrogen-bond donors (Lipinski definition) is 1. The molecule has 0 fully saturated rings. The van der Waals surface area contributed by atoms with Crippen LogP contribution in [-0.4, -0.2) is 28.0 Å². The monoisotopic (exact) mass is 316 g/mol. The Morgan fingerprint density at radius 1 is 1.22 bits per heavy atom. The van der Waals surface area contributed by atoms with Crippen molar-refractivity contribution in [3.63, 3.8) is 0 Å². The van der Waals surface area contributed by atoms with E-state index < -0.39 is 11.0 Å². The third-order valence-corrected chi connectivity index (χ3v) is 4.18. The van der Waals surface area contributed by atoms with Crippen LogP contribution in [0.1, 0.15) is 22.8 Å². The van der Waals surface area contributed by atoms with Gasteiger partial charge in [0.1, 0.15) is 5.82 Å². The number of hydrogen-bond acceptors (Lipinski definition) is 4. The van der Waals surface area contributed by atoms with Gasteiger partial charge in [-0.05, 0) is 35.2 Å². The van der Waals surface area contributed by atoms with E-state index >= 15 is 0 Å². The summed E-state index contributed by atoms with van der Waals surface area (Å²) >= 11 is 0. The summed E-state index contributed by atoms with van der Waals surface area (Å²) < 4.78 is 12.9. The van der Waals surface area contributed by atoms with Gasteiger partial charge in [-0.15, -0.1) is 0 Å². The normalized spacial score (nSPS) is 15.9. The van der Waals surface area contributed by atoms with E-state index in [9.17, 15) is 19.6 Å². The van der Waals surface area contributed by atoms with Crippen LogP contribution in [-0.2, 0) is 13.0 Å². The van der Waals surface area contributed by atoms with Crippen molar-refractivity contribution in [2.24, 2.45) is 0 Å². The van der Waals surface area contributed by atoms with Crippen molar-refractivity contribution in [3.8, 4) is 0 Å². The van der Waals surface area contributed by atoms with E-state index in [1.165, 1.54) is 18.2 Å². The van der Waals surface area contributed by atoms with Gasteiger partial charge >= 0.3 is 0 Å². The third kappa shape index (κ3) is 3.55. The van der Waals surface area contributed by atoms with Crippen molar-refractivity contribution >= 4 is 5.69 Å². The van der Waals surface area contributed by atoms with Gasteiger partial charge in [0, 0.05) is 31.8 Å². The van der Waals surface area contributed by atoms with Crippen LogP contribution in [0, 0.1) is 15.9 Å². The van der Waals surface area contributed by atoms with E-state index in [0.717, 1.165) is 24.1 Å². The summed E-state index contributed by atoms with van der Waals surface area (Å²) in [4.78, 5) is 12.5. The van der Waals surface area contributed by atoms with E-state index in [2.05, 4.69) is 4.90 Å². The Hall–Kier alpha value is -2.31. The van der Waals surface area contributed by atoms with Crippen LogP contribution >= 0.6 is 0 Å². The van der Waals surface area contributed by atoms with Gasteiger partial charge < -0.3 is 5.11 Å². The standard InChI is InChI=1S/C17H17FN2O3/c18-15-4-1-13(2-5-15)17(21)11-19-8-7-12-3-6-16(20(22)23)9-14(12)10-19/h1-6,9,17,21H,7-8,10-11H2. The maximum absolute atomic E-state index is 12.9. The molecule has 0 saturated heterocycles. The molecule has 2 aromatic carbocycles. The molecule has 1 N–H and O–H groups in total. The zero-order valence-corrected chi connectivity index (χ0v) is 12.5. The molecule has 23 heavy (non-hydrogen) atoms. The van der Waals surface area contributed by atoms with Gasteiger partial charge in [-0.1, -0.05) is 18.2 Å². The van der Waals surface area contributed by atoms with E-state index in [-0.39, 0.29) is 11.5 Å². The van der Waals surface area contributed by atoms with Crippen molar-refractivity contribution in [1.82, 2.24) is 4.90 Å². The van der Waals surface area contributed by atoms with Gasteiger partial charge in [0.15, 0.2) is 0 Å². The Morgan fingerprint density at radius 3 is 2.65 bits per heavy atom. The van der Waals surface area contributed by atoms with Gasteiger partial charge in [-0.3, -0.25) is 15.0 Å². The van der Waals surface area contributed by atoms with Gasteiger partial charge in [-0.25, -0.2) is 4.39 Å². The Kier molecular flexibility index (Phi) is 4.36. The van der Waals surface area contributed by atoms with Crippen LogP contribution in [0.3, 0.4) is 0 Å². The van der Waals surface area contributed by atoms with Crippen molar-refractivity contribution in [2.75, 3.05) is 13.1 Å². The van der Waals surface area contributed by atoms with Crippen LogP contribution in [0.5, 0.6) is 0 Å². The smallest absolute Gasteiger partial charge is 0.269 e. The molecule has 0 spiro atoms. The summed E-state index contributed by atoms with van der Waals surface area (Å²) in [6.07, 6.45) is 0.0829. The number of halogens is 1. The van der Waals surface area contributed by atoms with Gasteiger partial charge in [-0.2, -0.15) is 0 Å². The van der Waals surface area contributed by atoms with Gasteiger partial charge in [0.25, 0.3) is 5.69 Å². The summed E-state index contributed by atoms with van der Waals surface area (Å²) in [5.74, 6) is -0.333. The number of non-ortho nitro benzene ring substituents is 1. The summed E-state index contributed by atoms with van der Waals surface area (Å²) in [6, 6.07) is 10.7. The first kappa shape index (κ1) is 15.6. The number of nitrogens with zero attached hydrogens (tertiary/aromatic N) is 2. The molecule has 0 aliphatic carbocycles. The second kappa shape index (κ2) is 6.44. The van der Waals surface area contributed by atoms with Crippen LogP contribution < -0.4 is 0 Å². The van der Waals surface area contributed by atoms with Crippen molar-refractivity contribution in [3.05, 3.63) is 75.1 Å². The molecule has 5 nitrogen and oxygen atoms in total. The zero-order chi connectivity index (χ0) is 16.4. The van der Waals surface area contributed by atoms with Crippen LogP contribution in [0.4, 0.5) is 10.1 Å². The number of benzene rings is 2. The van der Waals surface area contributed by atoms with Crippen molar-refractivity contribution < 1.29 is 14.4 Å². The van der Waals surface area contributed by atoms with E-state index in [1.807, 2.05) is 0 Å². The lowest BCUT2D eigenvalue weighted by Gasteiger charge is -2.30. The Morgan fingerprint density at radius 2 is 1.96 bits per heavy atom. The van der Waals surface area contributed by atoms with Crippen LogP contribution in [0.15, 0.2) is 42.5 Å². The van der Waals surface area contributed by atoms with E-state index in [0.29, 0.717) is 18.7 Å². The number of aliphatic hydroxyl groups is 1. The Labute approximate surface area is 133 Å². The predicted octanol–water partition coefficient (Wildman–Crippen LogP) is 2.83. The average molecular weight is 316 g/mol. The highest BCUT2D eigenvalue weighted by Crippen LogP contribution is 2.25. The number of nitro groups is 1. The summed E-state index contributed by atoms with van der Waals surface area (Å²) in [5.41, 5.74) is 2.79. The van der Waals surface area contributed by atoms with E-state index in [4.69, 9.17) is 0 Å². The maximum atomic E-state index is 12.9. The Balaban J connectivity index is 1.70. The molecule has 0 radical (unpaired) electrons. The lowest BCUT2D eigenvalue weighted by Crippen LogP contribution is -2.34. The molecule has 2 aromatic rings. The number of β-amino-alcohol motifs (C(OH)–C–C–N with tert-alkyl or cyclic N) is 1. The molecule has 120 valence electrons. The minimum Gasteiger partial charge on any atom is -0.387 e. The highest BCUT2D eigenvalue weighted by atomic mass is 19.1. The quantitative estimate of drug-likeness (QED) is 0.696. The molecular formula is C17H17FN2O3. The minimum absolute atomic E-state index is 0.0877. The van der Waals surface area contributed by atoms with Crippen LogP contribution in [0.2, 0.25) is 0 Å². The summed E-state index contributed by atoms with van der Waals surface area (Å²) in [6.45, 7) is 1.76. The molecule has 3 rings (SSSR count). The largest absolute Gasteiger partial charge is 0.387 e. The lowest BCUT2D eigenvalue weighted by molar-refractivity contribution is -0.385. The third-order valence-electron chi connectivity index (χ3n) is 4.18. The number of nitro benzene ring substituents is 1. The molecule has 1 aliphatic heterocycles. The summed E-state index contributed by atoms with van der Waals surface area (Å²) in [7, 11) is 0. The van der Waals surface area contributed by atoms with Crippen molar-refractivity contribution in [2.45, 2.75) is 19.1 Å². The second-order valence-electron chi connectivity index (χ2n) is 5.76. The van der Waals surface area contributed by atoms with Crippen LogP contribution in [0.25, 0.3) is 0 Å². The zero-order valence-electron chi connectivity index (χ0n) is 12.5. The molecule has 1 heterocycles. The fourth-order valence-corrected chi connectivity index (χ4v) is 2.91. The van der Waals surface area contributed by atoms with Gasteiger partial charge in [0.2, 0.25) is 0 Å². The fourth-order valence-electron chi connectivity index (χ4n) is 2.91. The number of fused-ring (bicyclic) bond motifs is 1. The number of rotatable bonds is 4. The highest BCUT2D eigenvalue weighted by molar-refractivity contribution is 5.41. The van der Waals surface area contributed by atoms with Crippen molar-refractivity contribution in [1.29, 1.82) is 0 Å². The molecular weight excluding hydrogens is 299 g/mol. The average Bonchev–Trinajstić information content (AvgIpc) is 2.54. The predicted molar refractivity (Wildman–Crippen MR) is 83.4 cm³/mol. The first-order valence-electron chi connectivity index (χ1n) is 7.45. The molecule has 1 aliphatic rings. The molecule has 0 saturated carbocycles. The highest BCUT2D eigenvalue weighted by Gasteiger charge is 2.21. The topological polar surface area (TPSA) is 66.6 Å². The van der Waals surface area contributed by atoms with E-state index in [1.54, 1.807) is 24.3 Å². The molecule has 0 amide bonds. The SMILES string of the molecule is O=[N+]([O-])c1ccc2c(c1)CN(CC(O)c1ccc(F)cc1)CC2. The van der Waals surface area contributed by atoms with Gasteiger partial charge in [0.05, 0.1) is 11.0 Å². The molecule has 1 atom stereocenters. The second-order valence-corrected chi connectivity index (χ2v) is 5.76. The number of aliphatic hydroxyl groups excluding tert-OH is 1. The molecule has 1 unspecified atom stereocenters. The molecule has 6 heteroatoms. The first-order chi connectivity index (χ1) is 11.0. The molecule has 0 bridgehead atoms.